The maximum Gasteiger partial charge on any atom is 0.243 e. The van der Waals surface area contributed by atoms with E-state index in [0.29, 0.717) is 29.6 Å². The first-order valence-corrected chi connectivity index (χ1v) is 10.1. The monoisotopic (exact) mass is 375 g/mol. The molecule has 0 fully saturated rings. The molecule has 26 heavy (non-hydrogen) atoms. The average molecular weight is 375 g/mol. The lowest BCUT2D eigenvalue weighted by Crippen LogP contribution is -2.28. The molecule has 0 amide bonds. The van der Waals surface area contributed by atoms with Crippen molar-refractivity contribution in [3.8, 4) is 11.5 Å². The van der Waals surface area contributed by atoms with Gasteiger partial charge in [-0.15, -0.1) is 0 Å². The molecule has 1 heterocycles. The molecule has 140 valence electrons. The van der Waals surface area contributed by atoms with Gasteiger partial charge in [0.15, 0.2) is 11.5 Å². The number of rotatable bonds is 4. The van der Waals surface area contributed by atoms with Gasteiger partial charge in [0.05, 0.1) is 4.90 Å². The third-order valence-electron chi connectivity index (χ3n) is 4.98. The molecule has 0 N–H and O–H groups in total. The number of aryl methyl sites for hydroxylation is 2. The molecule has 0 saturated heterocycles. The van der Waals surface area contributed by atoms with Crippen LogP contribution in [-0.4, -0.2) is 33.0 Å². The van der Waals surface area contributed by atoms with Gasteiger partial charge >= 0.3 is 0 Å². The van der Waals surface area contributed by atoms with Gasteiger partial charge < -0.3 is 9.47 Å². The summed E-state index contributed by atoms with van der Waals surface area (Å²) in [5.41, 5.74) is 4.45. The molecule has 6 heteroatoms. The van der Waals surface area contributed by atoms with Gasteiger partial charge in [-0.3, -0.25) is 0 Å². The van der Waals surface area contributed by atoms with Crippen LogP contribution in [0.4, 0.5) is 0 Å². The maximum absolute atomic E-state index is 13.2. The Hall–Kier alpha value is -2.05. The van der Waals surface area contributed by atoms with Gasteiger partial charge in [-0.25, -0.2) is 8.42 Å². The third kappa shape index (κ3) is 3.31. The summed E-state index contributed by atoms with van der Waals surface area (Å²) in [4.78, 5) is 0.412. The summed E-state index contributed by atoms with van der Waals surface area (Å²) in [6.07, 6.45) is 0. The van der Waals surface area contributed by atoms with E-state index in [9.17, 15) is 8.42 Å². The molecule has 2 aromatic rings. The van der Waals surface area contributed by atoms with Gasteiger partial charge in [0.2, 0.25) is 10.0 Å². The molecular weight excluding hydrogens is 350 g/mol. The van der Waals surface area contributed by atoms with E-state index in [1.165, 1.54) is 4.31 Å². The van der Waals surface area contributed by atoms with Crippen LogP contribution >= 0.6 is 0 Å². The fourth-order valence-electron chi connectivity index (χ4n) is 3.25. The van der Waals surface area contributed by atoms with Crippen molar-refractivity contribution in [3.05, 3.63) is 52.1 Å². The number of ether oxygens (including phenoxy) is 2. The highest BCUT2D eigenvalue weighted by molar-refractivity contribution is 7.89. The fraction of sp³-hybridized carbons (Fsp3) is 0.400. The molecule has 0 atom stereocenters. The van der Waals surface area contributed by atoms with Crippen molar-refractivity contribution in [2.45, 2.75) is 39.1 Å². The van der Waals surface area contributed by atoms with Crippen LogP contribution < -0.4 is 9.47 Å². The van der Waals surface area contributed by atoms with Crippen molar-refractivity contribution in [2.75, 3.05) is 20.3 Å². The van der Waals surface area contributed by atoms with E-state index >= 15 is 0 Å². The molecule has 3 rings (SSSR count). The Kier molecular flexibility index (Phi) is 4.99. The van der Waals surface area contributed by atoms with Crippen molar-refractivity contribution in [2.24, 2.45) is 0 Å². The van der Waals surface area contributed by atoms with Gasteiger partial charge in [-0.1, -0.05) is 12.1 Å². The van der Waals surface area contributed by atoms with Gasteiger partial charge in [0.1, 0.15) is 13.2 Å². The van der Waals surface area contributed by atoms with Crippen LogP contribution in [0.15, 0.2) is 29.2 Å². The minimum atomic E-state index is -3.60. The molecule has 0 bridgehead atoms. The lowest BCUT2D eigenvalue weighted by atomic mass is 10.0. The highest BCUT2D eigenvalue weighted by Crippen LogP contribution is 2.32. The van der Waals surface area contributed by atoms with Gasteiger partial charge in [0.25, 0.3) is 0 Å². The highest BCUT2D eigenvalue weighted by Gasteiger charge is 2.27. The fourth-order valence-corrected chi connectivity index (χ4v) is 4.98. The Morgan fingerprint density at radius 3 is 2.12 bits per heavy atom. The largest absolute Gasteiger partial charge is 0.486 e. The minimum absolute atomic E-state index is 0.269. The zero-order valence-corrected chi connectivity index (χ0v) is 16.7. The Bertz CT molecular complexity index is 925. The van der Waals surface area contributed by atoms with E-state index in [1.54, 1.807) is 7.05 Å². The molecule has 0 spiro atoms. The van der Waals surface area contributed by atoms with Gasteiger partial charge in [0, 0.05) is 13.6 Å². The van der Waals surface area contributed by atoms with E-state index in [2.05, 4.69) is 0 Å². The number of benzene rings is 2. The molecular formula is C20H25NO4S. The van der Waals surface area contributed by atoms with Crippen LogP contribution in [0.2, 0.25) is 0 Å². The quantitative estimate of drug-likeness (QED) is 0.821. The van der Waals surface area contributed by atoms with Crippen molar-refractivity contribution >= 4 is 10.0 Å². The lowest BCUT2D eigenvalue weighted by Gasteiger charge is -2.23. The van der Waals surface area contributed by atoms with Crippen molar-refractivity contribution in [1.29, 1.82) is 0 Å². The lowest BCUT2D eigenvalue weighted by molar-refractivity contribution is 0.171. The SMILES string of the molecule is Cc1cc(C)c(C)c(S(=O)(=O)N(C)Cc2ccc3c(c2)OCCO3)c1C. The summed E-state index contributed by atoms with van der Waals surface area (Å²) in [6, 6.07) is 7.59. The highest BCUT2D eigenvalue weighted by atomic mass is 32.2. The van der Waals surface area contributed by atoms with Crippen molar-refractivity contribution in [3.63, 3.8) is 0 Å². The van der Waals surface area contributed by atoms with Crippen LogP contribution in [0.3, 0.4) is 0 Å². The van der Waals surface area contributed by atoms with Gasteiger partial charge in [-0.05, 0) is 67.6 Å². The second kappa shape index (κ2) is 6.93. The van der Waals surface area contributed by atoms with Crippen molar-refractivity contribution in [1.82, 2.24) is 4.31 Å². The molecule has 1 aliphatic rings. The number of fused-ring (bicyclic) bond motifs is 1. The summed E-state index contributed by atoms with van der Waals surface area (Å²) in [5.74, 6) is 1.37. The molecule has 0 aliphatic carbocycles. The topological polar surface area (TPSA) is 55.8 Å². The number of hydrogen-bond donors (Lipinski definition) is 0. The van der Waals surface area contributed by atoms with E-state index in [1.807, 2.05) is 52.0 Å². The zero-order chi connectivity index (χ0) is 19.1. The normalized spacial score (nSPS) is 13.9. The van der Waals surface area contributed by atoms with Crippen molar-refractivity contribution < 1.29 is 17.9 Å². The first-order valence-electron chi connectivity index (χ1n) is 8.64. The molecule has 2 aromatic carbocycles. The number of nitrogens with zero attached hydrogens (tertiary/aromatic N) is 1. The number of sulfonamides is 1. The van der Waals surface area contributed by atoms with Gasteiger partial charge in [-0.2, -0.15) is 4.31 Å². The van der Waals surface area contributed by atoms with E-state index in [4.69, 9.17) is 9.47 Å². The zero-order valence-electron chi connectivity index (χ0n) is 15.9. The smallest absolute Gasteiger partial charge is 0.243 e. The number of hydrogen-bond acceptors (Lipinski definition) is 4. The second-order valence-electron chi connectivity index (χ2n) is 6.83. The molecule has 0 unspecified atom stereocenters. The van der Waals surface area contributed by atoms with E-state index < -0.39 is 10.0 Å². The van der Waals surface area contributed by atoms with Crippen LogP contribution in [0.5, 0.6) is 11.5 Å². The summed E-state index contributed by atoms with van der Waals surface area (Å²) < 4.78 is 39.0. The van der Waals surface area contributed by atoms with E-state index in [-0.39, 0.29) is 6.54 Å². The second-order valence-corrected chi connectivity index (χ2v) is 8.81. The van der Waals surface area contributed by atoms with E-state index in [0.717, 1.165) is 27.8 Å². The third-order valence-corrected chi connectivity index (χ3v) is 7.06. The van der Waals surface area contributed by atoms with Crippen LogP contribution in [0.1, 0.15) is 27.8 Å². The molecule has 1 aliphatic heterocycles. The Labute approximate surface area is 155 Å². The van der Waals surface area contributed by atoms with Crippen LogP contribution in [-0.2, 0) is 16.6 Å². The molecule has 0 radical (unpaired) electrons. The molecule has 0 aromatic heterocycles. The maximum atomic E-state index is 13.2. The Balaban J connectivity index is 1.94. The molecule has 0 saturated carbocycles. The summed E-state index contributed by atoms with van der Waals surface area (Å²) in [6.45, 7) is 8.94. The first-order chi connectivity index (χ1) is 12.2. The average Bonchev–Trinajstić information content (AvgIpc) is 2.60. The summed E-state index contributed by atoms with van der Waals surface area (Å²) in [5, 5.41) is 0. The minimum Gasteiger partial charge on any atom is -0.486 e. The molecule has 5 nitrogen and oxygen atoms in total. The van der Waals surface area contributed by atoms with Crippen LogP contribution in [0, 0.1) is 27.7 Å². The standard InChI is InChI=1S/C20H25NO4S/c1-13-10-14(2)16(4)20(15(13)3)26(22,23)21(5)12-17-6-7-18-19(11-17)25-9-8-24-18/h6-7,10-11H,8-9,12H2,1-5H3. The Morgan fingerprint density at radius 1 is 0.923 bits per heavy atom. The summed E-state index contributed by atoms with van der Waals surface area (Å²) >= 11 is 0. The first kappa shape index (κ1) is 18.7. The van der Waals surface area contributed by atoms with Crippen LogP contribution in [0.25, 0.3) is 0 Å². The summed E-state index contributed by atoms with van der Waals surface area (Å²) in [7, 11) is -1.99. The predicted octanol–water partition coefficient (Wildman–Crippen LogP) is 3.51. The predicted molar refractivity (Wildman–Crippen MR) is 101 cm³/mol. The Morgan fingerprint density at radius 2 is 1.50 bits per heavy atom.